The van der Waals surface area contributed by atoms with Crippen molar-refractivity contribution in [3.63, 3.8) is 0 Å². The second kappa shape index (κ2) is 8.87. The summed E-state index contributed by atoms with van der Waals surface area (Å²) in [6, 6.07) is -1.06. The number of carbonyl (C=O) groups excluding carboxylic acids is 1. The van der Waals surface area contributed by atoms with E-state index in [9.17, 15) is 40.5 Å². The van der Waals surface area contributed by atoms with Crippen LogP contribution >= 0.6 is 0 Å². The molecule has 1 heterocycles. The highest BCUT2D eigenvalue weighted by atomic mass is 16.7. The van der Waals surface area contributed by atoms with Gasteiger partial charge in [0.15, 0.2) is 6.29 Å². The van der Waals surface area contributed by atoms with E-state index in [0.717, 1.165) is 0 Å². The smallest absolute Gasteiger partial charge is 0.217 e. The van der Waals surface area contributed by atoms with E-state index in [-0.39, 0.29) is 6.42 Å². The summed E-state index contributed by atoms with van der Waals surface area (Å²) in [5.74, 6) is -1.22. The van der Waals surface area contributed by atoms with Crippen molar-refractivity contribution in [3.05, 3.63) is 0 Å². The van der Waals surface area contributed by atoms with Gasteiger partial charge in [0.1, 0.15) is 30.5 Å². The molecule has 1 saturated heterocycles. The molecule has 1 aliphatic heterocycles. The Labute approximate surface area is 149 Å². The Kier molecular flexibility index (Phi) is 7.30. The van der Waals surface area contributed by atoms with Crippen LogP contribution in [-0.4, -0.2) is 110 Å². The number of aliphatic hydroxyl groups is 7. The molecule has 2 aliphatic rings. The first-order chi connectivity index (χ1) is 12.2. The highest BCUT2D eigenvalue weighted by molar-refractivity contribution is 5.73. The third kappa shape index (κ3) is 4.32. The molecular weight excluding hydrogens is 354 g/mol. The molecule has 0 aromatic rings. The van der Waals surface area contributed by atoms with Crippen molar-refractivity contribution < 1.29 is 50.0 Å². The molecule has 1 amide bonds. The average Bonchev–Trinajstić information content (AvgIpc) is 2.60. The predicted octanol–water partition coefficient (Wildman–Crippen LogP) is -4.59. The van der Waals surface area contributed by atoms with Crippen LogP contribution in [0.5, 0.6) is 0 Å². The van der Waals surface area contributed by atoms with Gasteiger partial charge in [-0.15, -0.1) is 0 Å². The van der Waals surface area contributed by atoms with Gasteiger partial charge in [-0.1, -0.05) is 0 Å². The van der Waals surface area contributed by atoms with Gasteiger partial charge in [-0.3, -0.25) is 4.79 Å². The number of nitrogens with one attached hydrogen (secondary N) is 1. The molecule has 10 atom stereocenters. The molecule has 0 spiro atoms. The normalized spacial score (nSPS) is 46.8. The minimum atomic E-state index is -1.68. The van der Waals surface area contributed by atoms with Gasteiger partial charge in [0.2, 0.25) is 5.91 Å². The maximum absolute atomic E-state index is 11.3. The molecule has 0 aromatic carbocycles. The lowest BCUT2D eigenvalue weighted by Gasteiger charge is -2.46. The molecule has 0 unspecified atom stereocenters. The van der Waals surface area contributed by atoms with Crippen LogP contribution < -0.4 is 5.32 Å². The highest BCUT2D eigenvalue weighted by Crippen LogP contribution is 2.32. The van der Waals surface area contributed by atoms with Gasteiger partial charge in [-0.2, -0.15) is 0 Å². The molecule has 152 valence electrons. The second-order valence-corrected chi connectivity index (χ2v) is 6.76. The molecule has 8 N–H and O–H groups in total. The monoisotopic (exact) mass is 381 g/mol. The number of aliphatic hydroxyl groups excluding tert-OH is 7. The quantitative estimate of drug-likeness (QED) is 0.230. The van der Waals surface area contributed by atoms with Crippen molar-refractivity contribution in [3.8, 4) is 0 Å². The number of hydrogen-bond acceptors (Lipinski definition) is 10. The predicted molar refractivity (Wildman–Crippen MR) is 83.5 cm³/mol. The third-order valence-electron chi connectivity index (χ3n) is 4.87. The van der Waals surface area contributed by atoms with Crippen LogP contribution in [0.2, 0.25) is 0 Å². The maximum atomic E-state index is 11.3. The second-order valence-electron chi connectivity index (χ2n) is 6.76. The fourth-order valence-electron chi connectivity index (χ4n) is 3.42. The molecule has 0 bridgehead atoms. The fourth-order valence-corrected chi connectivity index (χ4v) is 3.42. The Morgan fingerprint density at radius 3 is 2.23 bits per heavy atom. The van der Waals surface area contributed by atoms with Gasteiger partial charge in [-0.25, -0.2) is 0 Å². The number of amides is 1. The van der Waals surface area contributed by atoms with E-state index in [1.165, 1.54) is 6.92 Å². The van der Waals surface area contributed by atoms with Crippen molar-refractivity contribution in [1.29, 1.82) is 0 Å². The fraction of sp³-hybridized carbons (Fsp3) is 0.933. The number of hydrogen-bond donors (Lipinski definition) is 8. The molecule has 2 rings (SSSR count). The van der Waals surface area contributed by atoms with E-state index in [1.807, 2.05) is 0 Å². The summed E-state index contributed by atoms with van der Waals surface area (Å²) >= 11 is 0. The summed E-state index contributed by atoms with van der Waals surface area (Å²) in [5.41, 5.74) is 0. The highest BCUT2D eigenvalue weighted by Gasteiger charge is 2.49. The lowest BCUT2D eigenvalue weighted by atomic mass is 9.79. The molecule has 11 heteroatoms. The van der Waals surface area contributed by atoms with Crippen molar-refractivity contribution in [2.24, 2.45) is 5.92 Å². The van der Waals surface area contributed by atoms with Gasteiger partial charge < -0.3 is 50.5 Å². The van der Waals surface area contributed by atoms with E-state index >= 15 is 0 Å². The number of rotatable bonds is 5. The van der Waals surface area contributed by atoms with Crippen LogP contribution in [0.4, 0.5) is 0 Å². The average molecular weight is 381 g/mol. The van der Waals surface area contributed by atoms with E-state index < -0.39 is 80.1 Å². The Bertz CT molecular complexity index is 477. The molecule has 2 fully saturated rings. The number of carbonyl (C=O) groups is 1. The SMILES string of the molecule is CC(=O)N[C@@H]1[C@@H](O)[C@H](O[C@@H]2O[C@H](CO)[C@H](O)[C@H](O)[C@H]2O)[C@@H](CO)C[C@@H]1O. The van der Waals surface area contributed by atoms with Crippen molar-refractivity contribution >= 4 is 5.91 Å². The van der Waals surface area contributed by atoms with E-state index in [1.54, 1.807) is 0 Å². The minimum absolute atomic E-state index is 0.000591. The van der Waals surface area contributed by atoms with Crippen molar-refractivity contribution in [1.82, 2.24) is 5.32 Å². The van der Waals surface area contributed by atoms with Crippen LogP contribution in [0.1, 0.15) is 13.3 Å². The van der Waals surface area contributed by atoms with Crippen LogP contribution in [0.15, 0.2) is 0 Å². The van der Waals surface area contributed by atoms with Crippen LogP contribution in [0.3, 0.4) is 0 Å². The molecule has 0 aromatic heterocycles. The Morgan fingerprint density at radius 2 is 1.69 bits per heavy atom. The largest absolute Gasteiger partial charge is 0.396 e. The molecule has 1 saturated carbocycles. The standard InChI is InChI=1S/C15H27NO10/c1-5(19)16-9-7(20)2-6(3-17)14(11(9)22)26-15-13(24)12(23)10(21)8(4-18)25-15/h6-15,17-18,20-24H,2-4H2,1H3,(H,16,19)/t6-,7+,8-,9+,10+,11-,12+,13-,14-,15+/m1/s1. The van der Waals surface area contributed by atoms with Crippen LogP contribution in [0.25, 0.3) is 0 Å². The Morgan fingerprint density at radius 1 is 1.04 bits per heavy atom. The molecule has 26 heavy (non-hydrogen) atoms. The van der Waals surface area contributed by atoms with Crippen molar-refractivity contribution in [2.45, 2.75) is 68.4 Å². The Balaban J connectivity index is 2.16. The zero-order valence-electron chi connectivity index (χ0n) is 14.3. The van der Waals surface area contributed by atoms with Gasteiger partial charge in [0.05, 0.1) is 24.9 Å². The third-order valence-corrected chi connectivity index (χ3v) is 4.87. The zero-order chi connectivity index (χ0) is 19.6. The van der Waals surface area contributed by atoms with Gasteiger partial charge in [0.25, 0.3) is 0 Å². The first kappa shape index (κ1) is 21.4. The van der Waals surface area contributed by atoms with Crippen LogP contribution in [-0.2, 0) is 14.3 Å². The zero-order valence-corrected chi connectivity index (χ0v) is 14.3. The van der Waals surface area contributed by atoms with E-state index in [2.05, 4.69) is 5.32 Å². The molecular formula is C15H27NO10. The van der Waals surface area contributed by atoms with Gasteiger partial charge in [-0.05, 0) is 6.42 Å². The summed E-state index contributed by atoms with van der Waals surface area (Å²) in [5, 5.41) is 71.4. The van der Waals surface area contributed by atoms with Gasteiger partial charge in [0, 0.05) is 19.4 Å². The summed E-state index contributed by atoms with van der Waals surface area (Å²) < 4.78 is 10.8. The molecule has 11 nitrogen and oxygen atoms in total. The summed E-state index contributed by atoms with van der Waals surface area (Å²) in [6.45, 7) is 0.114. The van der Waals surface area contributed by atoms with Crippen LogP contribution in [0, 0.1) is 5.92 Å². The van der Waals surface area contributed by atoms with Gasteiger partial charge >= 0.3 is 0 Å². The summed E-state index contributed by atoms with van der Waals surface area (Å²) in [7, 11) is 0. The topological polar surface area (TPSA) is 189 Å². The minimum Gasteiger partial charge on any atom is -0.396 e. The van der Waals surface area contributed by atoms with E-state index in [4.69, 9.17) is 9.47 Å². The lowest BCUT2D eigenvalue weighted by molar-refractivity contribution is -0.326. The van der Waals surface area contributed by atoms with E-state index in [0.29, 0.717) is 0 Å². The lowest BCUT2D eigenvalue weighted by Crippen LogP contribution is -2.65. The first-order valence-electron chi connectivity index (χ1n) is 8.41. The summed E-state index contributed by atoms with van der Waals surface area (Å²) in [4.78, 5) is 11.3. The molecule has 0 radical (unpaired) electrons. The Hall–Kier alpha value is -0.890. The summed E-state index contributed by atoms with van der Waals surface area (Å²) in [6.07, 6.45) is -11.3. The first-order valence-corrected chi connectivity index (χ1v) is 8.41. The van der Waals surface area contributed by atoms with Crippen molar-refractivity contribution in [2.75, 3.05) is 13.2 Å². The molecule has 1 aliphatic carbocycles. The maximum Gasteiger partial charge on any atom is 0.217 e. The number of ether oxygens (including phenoxy) is 2.